The molecule has 0 saturated carbocycles. The number of alkyl halides is 1. The molecule has 1 N–H and O–H groups in total. The zero-order valence-electron chi connectivity index (χ0n) is 9.22. The monoisotopic (exact) mass is 274 g/mol. The first-order valence-corrected chi connectivity index (χ1v) is 5.75. The molecule has 1 unspecified atom stereocenters. The highest BCUT2D eigenvalue weighted by Crippen LogP contribution is 2.33. The predicted octanol–water partition coefficient (Wildman–Crippen LogP) is 3.75. The van der Waals surface area contributed by atoms with Gasteiger partial charge in [-0.05, 0) is 25.5 Å². The molecule has 1 aromatic rings. The summed E-state index contributed by atoms with van der Waals surface area (Å²) in [5, 5.41) is 9.02. The van der Waals surface area contributed by atoms with Crippen LogP contribution in [0.25, 0.3) is 0 Å². The van der Waals surface area contributed by atoms with E-state index < -0.39 is 5.67 Å². The molecule has 84 valence electrons. The van der Waals surface area contributed by atoms with Gasteiger partial charge in [0.2, 0.25) is 0 Å². The smallest absolute Gasteiger partial charge is 0.131 e. The van der Waals surface area contributed by atoms with Gasteiger partial charge in [-0.2, -0.15) is 0 Å². The minimum Gasteiger partial charge on any atom is -0.396 e. The van der Waals surface area contributed by atoms with Crippen LogP contribution in [0.2, 0.25) is 0 Å². The summed E-state index contributed by atoms with van der Waals surface area (Å²) in [6.07, 6.45) is 0. The summed E-state index contributed by atoms with van der Waals surface area (Å²) < 4.78 is 14.5. The molecule has 0 spiro atoms. The van der Waals surface area contributed by atoms with Gasteiger partial charge < -0.3 is 5.11 Å². The average molecular weight is 275 g/mol. The van der Waals surface area contributed by atoms with Crippen molar-refractivity contribution in [1.29, 1.82) is 0 Å². The maximum atomic E-state index is 13.7. The van der Waals surface area contributed by atoms with Crippen molar-refractivity contribution < 1.29 is 9.50 Å². The Morgan fingerprint density at radius 2 is 2.07 bits per heavy atom. The van der Waals surface area contributed by atoms with E-state index in [0.29, 0.717) is 5.56 Å². The fourth-order valence-corrected chi connectivity index (χ4v) is 2.29. The van der Waals surface area contributed by atoms with E-state index in [4.69, 9.17) is 5.11 Å². The molecule has 15 heavy (non-hydrogen) atoms. The van der Waals surface area contributed by atoms with Gasteiger partial charge in [-0.15, -0.1) is 0 Å². The minimum atomic E-state index is -1.35. The number of aliphatic hydroxyl groups is 1. The lowest BCUT2D eigenvalue weighted by molar-refractivity contribution is 0.220. The van der Waals surface area contributed by atoms with Gasteiger partial charge in [0.05, 0.1) is 0 Å². The first-order chi connectivity index (χ1) is 6.86. The highest BCUT2D eigenvalue weighted by Gasteiger charge is 2.22. The van der Waals surface area contributed by atoms with E-state index in [9.17, 15) is 4.39 Å². The molecule has 1 aromatic carbocycles. The third-order valence-electron chi connectivity index (χ3n) is 2.48. The molecule has 0 fully saturated rings. The van der Waals surface area contributed by atoms with E-state index in [1.54, 1.807) is 6.07 Å². The first kappa shape index (κ1) is 12.7. The standard InChI is InChI=1S/C12H16BrFO/c1-8(7-15)9-4-5-10(11(13)6-9)12(2,3)14/h4-6,8,15H,7H2,1-3H3. The number of halogens is 2. The fourth-order valence-electron chi connectivity index (χ4n) is 1.43. The second-order valence-corrected chi connectivity index (χ2v) is 5.15. The van der Waals surface area contributed by atoms with Crippen LogP contribution < -0.4 is 0 Å². The summed E-state index contributed by atoms with van der Waals surface area (Å²) in [6.45, 7) is 5.09. The van der Waals surface area contributed by atoms with Gasteiger partial charge in [-0.25, -0.2) is 4.39 Å². The van der Waals surface area contributed by atoms with Crippen LogP contribution in [0.4, 0.5) is 4.39 Å². The van der Waals surface area contributed by atoms with E-state index in [1.807, 2.05) is 19.1 Å². The predicted molar refractivity (Wildman–Crippen MR) is 63.8 cm³/mol. The molecule has 0 radical (unpaired) electrons. The van der Waals surface area contributed by atoms with Gasteiger partial charge in [0.1, 0.15) is 5.67 Å². The molecule has 0 aliphatic rings. The van der Waals surface area contributed by atoms with Crippen molar-refractivity contribution in [2.75, 3.05) is 6.61 Å². The molecule has 0 bridgehead atoms. The quantitative estimate of drug-likeness (QED) is 0.890. The summed E-state index contributed by atoms with van der Waals surface area (Å²) in [5.74, 6) is 0.0815. The summed E-state index contributed by atoms with van der Waals surface area (Å²) in [4.78, 5) is 0. The topological polar surface area (TPSA) is 20.2 Å². The van der Waals surface area contributed by atoms with Crippen molar-refractivity contribution in [2.45, 2.75) is 32.4 Å². The Morgan fingerprint density at radius 3 is 2.47 bits per heavy atom. The minimum absolute atomic E-state index is 0.0815. The Kier molecular flexibility index (Phi) is 3.90. The van der Waals surface area contributed by atoms with Gasteiger partial charge in [0, 0.05) is 22.6 Å². The van der Waals surface area contributed by atoms with E-state index in [2.05, 4.69) is 15.9 Å². The number of rotatable bonds is 3. The van der Waals surface area contributed by atoms with Crippen LogP contribution in [0.1, 0.15) is 37.8 Å². The lowest BCUT2D eigenvalue weighted by atomic mass is 9.95. The molecule has 0 heterocycles. The lowest BCUT2D eigenvalue weighted by Gasteiger charge is -2.18. The number of benzene rings is 1. The molecule has 1 nitrogen and oxygen atoms in total. The first-order valence-electron chi connectivity index (χ1n) is 4.96. The summed E-state index contributed by atoms with van der Waals surface area (Å²) in [6, 6.07) is 5.51. The van der Waals surface area contributed by atoms with E-state index in [0.717, 1.165) is 10.0 Å². The molecular weight excluding hydrogens is 259 g/mol. The van der Waals surface area contributed by atoms with E-state index >= 15 is 0 Å². The molecule has 0 saturated heterocycles. The van der Waals surface area contributed by atoms with E-state index in [1.165, 1.54) is 13.8 Å². The second kappa shape index (κ2) is 4.62. The van der Waals surface area contributed by atoms with Crippen molar-refractivity contribution in [3.8, 4) is 0 Å². The third-order valence-corrected chi connectivity index (χ3v) is 3.13. The van der Waals surface area contributed by atoms with Crippen LogP contribution in [0, 0.1) is 0 Å². The normalized spacial score (nSPS) is 14.0. The van der Waals surface area contributed by atoms with Crippen LogP contribution in [0.15, 0.2) is 22.7 Å². The molecule has 1 atom stereocenters. The summed E-state index contributed by atoms with van der Waals surface area (Å²) in [7, 11) is 0. The highest BCUT2D eigenvalue weighted by atomic mass is 79.9. The SMILES string of the molecule is CC(CO)c1ccc(C(C)(C)F)c(Br)c1. The Bertz CT molecular complexity index is 344. The van der Waals surface area contributed by atoms with Gasteiger partial charge in [-0.3, -0.25) is 0 Å². The molecule has 0 aliphatic carbocycles. The largest absolute Gasteiger partial charge is 0.396 e. The lowest BCUT2D eigenvalue weighted by Crippen LogP contribution is -2.10. The van der Waals surface area contributed by atoms with Gasteiger partial charge >= 0.3 is 0 Å². The molecule has 0 amide bonds. The Balaban J connectivity index is 3.09. The molecule has 0 aliphatic heterocycles. The van der Waals surface area contributed by atoms with Crippen LogP contribution in [0.5, 0.6) is 0 Å². The van der Waals surface area contributed by atoms with Crippen LogP contribution >= 0.6 is 15.9 Å². The average Bonchev–Trinajstić information content (AvgIpc) is 2.14. The van der Waals surface area contributed by atoms with Gasteiger partial charge in [0.25, 0.3) is 0 Å². The van der Waals surface area contributed by atoms with Crippen LogP contribution in [0.3, 0.4) is 0 Å². The van der Waals surface area contributed by atoms with Gasteiger partial charge in [-0.1, -0.05) is 35.0 Å². The summed E-state index contributed by atoms with van der Waals surface area (Å²) >= 11 is 3.36. The van der Waals surface area contributed by atoms with Crippen LogP contribution in [-0.4, -0.2) is 11.7 Å². The summed E-state index contributed by atoms with van der Waals surface area (Å²) in [5.41, 5.74) is 0.300. The molecule has 3 heteroatoms. The third kappa shape index (κ3) is 3.02. The maximum Gasteiger partial charge on any atom is 0.131 e. The zero-order valence-corrected chi connectivity index (χ0v) is 10.8. The highest BCUT2D eigenvalue weighted by molar-refractivity contribution is 9.10. The van der Waals surface area contributed by atoms with Crippen molar-refractivity contribution in [3.63, 3.8) is 0 Å². The Hall–Kier alpha value is -0.410. The maximum absolute atomic E-state index is 13.7. The number of hydrogen-bond acceptors (Lipinski definition) is 1. The number of aliphatic hydroxyl groups excluding tert-OH is 1. The molecule has 1 rings (SSSR count). The van der Waals surface area contributed by atoms with Crippen molar-refractivity contribution >= 4 is 15.9 Å². The van der Waals surface area contributed by atoms with Crippen molar-refractivity contribution in [2.24, 2.45) is 0 Å². The van der Waals surface area contributed by atoms with Gasteiger partial charge in [0.15, 0.2) is 0 Å². The molecular formula is C12H16BrFO. The van der Waals surface area contributed by atoms with Crippen molar-refractivity contribution in [3.05, 3.63) is 33.8 Å². The molecule has 0 aromatic heterocycles. The van der Waals surface area contributed by atoms with E-state index in [-0.39, 0.29) is 12.5 Å². The second-order valence-electron chi connectivity index (χ2n) is 4.30. The Labute approximate surface area is 98.4 Å². The number of hydrogen-bond donors (Lipinski definition) is 1. The van der Waals surface area contributed by atoms with Crippen LogP contribution in [-0.2, 0) is 5.67 Å². The zero-order chi connectivity index (χ0) is 11.6. The van der Waals surface area contributed by atoms with Crippen molar-refractivity contribution in [1.82, 2.24) is 0 Å². The Morgan fingerprint density at radius 1 is 1.47 bits per heavy atom. The fraction of sp³-hybridized carbons (Fsp3) is 0.500.